The Kier molecular flexibility index (Phi) is 3.44. The standard InChI is InChI=1S/C12H13ClN4/c1-8-3-4-9(5-10(8)13)17-12-6-11(14-2)15-7-16-12/h3-7H,1-2H3,(H2,14,15,16,17). The lowest BCUT2D eigenvalue weighted by molar-refractivity contribution is 1.16. The van der Waals surface area contributed by atoms with Crippen LogP contribution >= 0.6 is 11.6 Å². The van der Waals surface area contributed by atoms with Gasteiger partial charge in [0, 0.05) is 23.8 Å². The van der Waals surface area contributed by atoms with Gasteiger partial charge < -0.3 is 10.6 Å². The van der Waals surface area contributed by atoms with Crippen LogP contribution in [0.2, 0.25) is 5.02 Å². The van der Waals surface area contributed by atoms with Gasteiger partial charge in [0.2, 0.25) is 0 Å². The summed E-state index contributed by atoms with van der Waals surface area (Å²) in [4.78, 5) is 8.17. The molecule has 0 saturated heterocycles. The second-order valence-corrected chi connectivity index (χ2v) is 4.03. The summed E-state index contributed by atoms with van der Waals surface area (Å²) in [6, 6.07) is 7.62. The van der Waals surface area contributed by atoms with Crippen LogP contribution in [-0.2, 0) is 0 Å². The van der Waals surface area contributed by atoms with Crippen molar-refractivity contribution in [2.24, 2.45) is 0 Å². The van der Waals surface area contributed by atoms with Gasteiger partial charge >= 0.3 is 0 Å². The normalized spacial score (nSPS) is 10.1. The molecular weight excluding hydrogens is 236 g/mol. The minimum atomic E-state index is 0.726. The number of anilines is 3. The van der Waals surface area contributed by atoms with Gasteiger partial charge in [-0.2, -0.15) is 0 Å². The van der Waals surface area contributed by atoms with Gasteiger partial charge in [0.1, 0.15) is 18.0 Å². The fourth-order valence-corrected chi connectivity index (χ4v) is 1.56. The first-order valence-corrected chi connectivity index (χ1v) is 5.60. The Morgan fingerprint density at radius 1 is 1.12 bits per heavy atom. The maximum Gasteiger partial charge on any atom is 0.135 e. The fourth-order valence-electron chi connectivity index (χ4n) is 1.38. The average molecular weight is 249 g/mol. The van der Waals surface area contributed by atoms with Gasteiger partial charge in [-0.05, 0) is 24.6 Å². The molecule has 0 spiro atoms. The zero-order valence-electron chi connectivity index (χ0n) is 9.66. The molecule has 17 heavy (non-hydrogen) atoms. The molecule has 4 nitrogen and oxygen atoms in total. The summed E-state index contributed by atoms with van der Waals surface area (Å²) < 4.78 is 0. The quantitative estimate of drug-likeness (QED) is 0.876. The summed E-state index contributed by atoms with van der Waals surface area (Å²) in [5.41, 5.74) is 1.96. The molecule has 1 heterocycles. The van der Waals surface area contributed by atoms with Gasteiger partial charge in [-0.1, -0.05) is 17.7 Å². The third-order valence-corrected chi connectivity index (χ3v) is 2.77. The lowest BCUT2D eigenvalue weighted by Gasteiger charge is -2.08. The molecule has 0 unspecified atom stereocenters. The van der Waals surface area contributed by atoms with Crippen molar-refractivity contribution >= 4 is 28.9 Å². The Bertz CT molecular complexity index is 528. The van der Waals surface area contributed by atoms with E-state index in [1.54, 1.807) is 0 Å². The topological polar surface area (TPSA) is 49.8 Å². The molecule has 0 fully saturated rings. The maximum atomic E-state index is 6.05. The molecule has 0 radical (unpaired) electrons. The van der Waals surface area contributed by atoms with Crippen molar-refractivity contribution in [2.45, 2.75) is 6.92 Å². The highest BCUT2D eigenvalue weighted by molar-refractivity contribution is 6.31. The van der Waals surface area contributed by atoms with Crippen molar-refractivity contribution in [3.63, 3.8) is 0 Å². The number of halogens is 1. The Morgan fingerprint density at radius 2 is 1.88 bits per heavy atom. The molecule has 2 rings (SSSR count). The average Bonchev–Trinajstić information content (AvgIpc) is 2.34. The number of hydrogen-bond donors (Lipinski definition) is 2. The van der Waals surface area contributed by atoms with E-state index in [1.165, 1.54) is 6.33 Å². The number of aryl methyl sites for hydroxylation is 1. The van der Waals surface area contributed by atoms with E-state index < -0.39 is 0 Å². The predicted molar refractivity (Wildman–Crippen MR) is 71.1 cm³/mol. The fraction of sp³-hybridized carbons (Fsp3) is 0.167. The highest BCUT2D eigenvalue weighted by Gasteiger charge is 2.00. The third kappa shape index (κ3) is 2.85. The van der Waals surface area contributed by atoms with Crippen LogP contribution in [0.3, 0.4) is 0 Å². The molecule has 0 amide bonds. The predicted octanol–water partition coefficient (Wildman–Crippen LogP) is 3.22. The molecule has 0 aliphatic heterocycles. The van der Waals surface area contributed by atoms with E-state index in [9.17, 15) is 0 Å². The summed E-state index contributed by atoms with van der Waals surface area (Å²) in [5, 5.41) is 6.86. The number of aromatic nitrogens is 2. The summed E-state index contributed by atoms with van der Waals surface area (Å²) in [6.45, 7) is 1.97. The van der Waals surface area contributed by atoms with E-state index in [4.69, 9.17) is 11.6 Å². The Labute approximate surface area is 105 Å². The van der Waals surface area contributed by atoms with Crippen molar-refractivity contribution in [1.29, 1.82) is 0 Å². The molecular formula is C12H13ClN4. The van der Waals surface area contributed by atoms with Crippen LogP contribution in [0, 0.1) is 6.92 Å². The second-order valence-electron chi connectivity index (χ2n) is 3.63. The van der Waals surface area contributed by atoms with Gasteiger partial charge in [-0.3, -0.25) is 0 Å². The number of rotatable bonds is 3. The molecule has 2 N–H and O–H groups in total. The summed E-state index contributed by atoms with van der Waals surface area (Å²) in [7, 11) is 1.81. The number of nitrogens with one attached hydrogen (secondary N) is 2. The Balaban J connectivity index is 2.22. The monoisotopic (exact) mass is 248 g/mol. The zero-order valence-corrected chi connectivity index (χ0v) is 10.4. The van der Waals surface area contributed by atoms with E-state index in [0.29, 0.717) is 0 Å². The zero-order chi connectivity index (χ0) is 12.3. The first-order valence-electron chi connectivity index (χ1n) is 5.22. The number of benzene rings is 1. The van der Waals surface area contributed by atoms with Crippen molar-refractivity contribution in [2.75, 3.05) is 17.7 Å². The lowest BCUT2D eigenvalue weighted by atomic mass is 10.2. The third-order valence-electron chi connectivity index (χ3n) is 2.37. The second kappa shape index (κ2) is 5.01. The smallest absolute Gasteiger partial charge is 0.135 e. The van der Waals surface area contributed by atoms with Crippen molar-refractivity contribution < 1.29 is 0 Å². The van der Waals surface area contributed by atoms with Crippen LogP contribution < -0.4 is 10.6 Å². The van der Waals surface area contributed by atoms with Crippen LogP contribution in [0.4, 0.5) is 17.3 Å². The van der Waals surface area contributed by atoms with Crippen LogP contribution in [0.15, 0.2) is 30.6 Å². The largest absolute Gasteiger partial charge is 0.373 e. The number of hydrogen-bond acceptors (Lipinski definition) is 4. The van der Waals surface area contributed by atoms with E-state index >= 15 is 0 Å². The molecule has 0 atom stereocenters. The van der Waals surface area contributed by atoms with Crippen LogP contribution in [0.5, 0.6) is 0 Å². The molecule has 1 aromatic carbocycles. The SMILES string of the molecule is CNc1cc(Nc2ccc(C)c(Cl)c2)ncn1. The molecule has 1 aromatic heterocycles. The van der Waals surface area contributed by atoms with Crippen molar-refractivity contribution in [3.8, 4) is 0 Å². The summed E-state index contributed by atoms with van der Waals surface area (Å²) in [5.74, 6) is 1.49. The first-order chi connectivity index (χ1) is 8.19. The number of nitrogens with zero attached hydrogens (tertiary/aromatic N) is 2. The first kappa shape index (κ1) is 11.7. The van der Waals surface area contributed by atoms with Crippen LogP contribution in [0.1, 0.15) is 5.56 Å². The van der Waals surface area contributed by atoms with Crippen LogP contribution in [0.25, 0.3) is 0 Å². The van der Waals surface area contributed by atoms with Gasteiger partial charge in [-0.15, -0.1) is 0 Å². The van der Waals surface area contributed by atoms with Gasteiger partial charge in [0.05, 0.1) is 0 Å². The maximum absolute atomic E-state index is 6.05. The molecule has 0 bridgehead atoms. The van der Waals surface area contributed by atoms with Crippen molar-refractivity contribution in [3.05, 3.63) is 41.2 Å². The van der Waals surface area contributed by atoms with Crippen molar-refractivity contribution in [1.82, 2.24) is 9.97 Å². The minimum absolute atomic E-state index is 0.726. The molecule has 2 aromatic rings. The van der Waals surface area contributed by atoms with Gasteiger partial charge in [-0.25, -0.2) is 9.97 Å². The van der Waals surface area contributed by atoms with E-state index in [1.807, 2.05) is 38.2 Å². The van der Waals surface area contributed by atoms with E-state index in [-0.39, 0.29) is 0 Å². The van der Waals surface area contributed by atoms with E-state index in [2.05, 4.69) is 20.6 Å². The van der Waals surface area contributed by atoms with Gasteiger partial charge in [0.25, 0.3) is 0 Å². The summed E-state index contributed by atoms with van der Waals surface area (Å²) >= 11 is 6.05. The molecule has 88 valence electrons. The minimum Gasteiger partial charge on any atom is -0.373 e. The van der Waals surface area contributed by atoms with Crippen LogP contribution in [-0.4, -0.2) is 17.0 Å². The summed E-state index contributed by atoms with van der Waals surface area (Å²) in [6.07, 6.45) is 1.50. The highest BCUT2D eigenvalue weighted by atomic mass is 35.5. The van der Waals surface area contributed by atoms with E-state index in [0.717, 1.165) is 27.9 Å². The molecule has 5 heteroatoms. The lowest BCUT2D eigenvalue weighted by Crippen LogP contribution is -1.98. The molecule has 0 saturated carbocycles. The molecule has 0 aliphatic carbocycles. The molecule has 0 aliphatic rings. The Morgan fingerprint density at radius 3 is 2.59 bits per heavy atom. The Hall–Kier alpha value is -1.81. The van der Waals surface area contributed by atoms with Gasteiger partial charge in [0.15, 0.2) is 0 Å². The highest BCUT2D eigenvalue weighted by Crippen LogP contribution is 2.22.